The number of carbonyl (C=O) groups is 2. The van der Waals surface area contributed by atoms with Crippen LogP contribution in [0.15, 0.2) is 54.1 Å². The number of unbranched alkanes of at least 4 members (excludes halogenated alkanes) is 2. The first-order chi connectivity index (χ1) is 19.0. The van der Waals surface area contributed by atoms with E-state index in [0.29, 0.717) is 18.5 Å². The number of rotatable bonds is 13. The standard InChI is InChI=1S/C32H43N3O5/c1-6-8-18-33(19-9-7-2)20-11-21-34-28(23-14-16-25(17-15-23)32(3,4)5)27(30(37)31(34)38)29(36)24-12-10-13-26(22-24)35(39)40/h10,12-17,22,28,36H,6-9,11,18-21H2,1-5H3/t28-/m0/s1. The van der Waals surface area contributed by atoms with Crippen LogP contribution in [0.5, 0.6) is 0 Å². The van der Waals surface area contributed by atoms with Gasteiger partial charge in [-0.1, -0.05) is 83.9 Å². The molecule has 0 aliphatic carbocycles. The molecule has 1 heterocycles. The molecule has 1 amide bonds. The van der Waals surface area contributed by atoms with E-state index in [1.54, 1.807) is 4.90 Å². The van der Waals surface area contributed by atoms with Crippen molar-refractivity contribution in [3.8, 4) is 0 Å². The Hall–Kier alpha value is -3.52. The summed E-state index contributed by atoms with van der Waals surface area (Å²) in [7, 11) is 0. The topological polar surface area (TPSA) is 104 Å². The van der Waals surface area contributed by atoms with Crippen molar-refractivity contribution in [2.45, 2.75) is 78.2 Å². The third-order valence-corrected chi connectivity index (χ3v) is 7.49. The maximum atomic E-state index is 13.4. The van der Waals surface area contributed by atoms with Gasteiger partial charge < -0.3 is 14.9 Å². The molecule has 1 aliphatic rings. The molecular weight excluding hydrogens is 506 g/mol. The molecule has 1 N–H and O–H groups in total. The van der Waals surface area contributed by atoms with Gasteiger partial charge in [-0.2, -0.15) is 0 Å². The first-order valence-electron chi connectivity index (χ1n) is 14.4. The van der Waals surface area contributed by atoms with E-state index in [-0.39, 0.29) is 22.2 Å². The van der Waals surface area contributed by atoms with Crippen LogP contribution in [-0.2, 0) is 15.0 Å². The van der Waals surface area contributed by atoms with Gasteiger partial charge in [-0.05, 0) is 55.4 Å². The van der Waals surface area contributed by atoms with Crippen molar-refractivity contribution in [3.63, 3.8) is 0 Å². The van der Waals surface area contributed by atoms with E-state index in [1.165, 1.54) is 24.3 Å². The molecule has 2 aromatic carbocycles. The molecule has 0 bridgehead atoms. The van der Waals surface area contributed by atoms with Gasteiger partial charge in [0.2, 0.25) is 0 Å². The predicted molar refractivity (Wildman–Crippen MR) is 158 cm³/mol. The second-order valence-corrected chi connectivity index (χ2v) is 11.6. The van der Waals surface area contributed by atoms with Crippen molar-refractivity contribution >= 4 is 23.1 Å². The highest BCUT2D eigenvalue weighted by Crippen LogP contribution is 2.40. The van der Waals surface area contributed by atoms with Gasteiger partial charge in [0.25, 0.3) is 17.4 Å². The minimum absolute atomic E-state index is 0.0390. The lowest BCUT2D eigenvalue weighted by atomic mass is 9.85. The number of amides is 1. The van der Waals surface area contributed by atoms with Gasteiger partial charge in [-0.15, -0.1) is 0 Å². The molecule has 1 atom stereocenters. The summed E-state index contributed by atoms with van der Waals surface area (Å²) in [5.74, 6) is -1.84. The number of nitrogens with zero attached hydrogens (tertiary/aromatic N) is 3. The largest absolute Gasteiger partial charge is 0.507 e. The van der Waals surface area contributed by atoms with E-state index < -0.39 is 28.4 Å². The number of carbonyl (C=O) groups excluding carboxylic acids is 2. The van der Waals surface area contributed by atoms with Crippen molar-refractivity contribution < 1.29 is 19.6 Å². The minimum Gasteiger partial charge on any atom is -0.507 e. The fourth-order valence-corrected chi connectivity index (χ4v) is 5.11. The first-order valence-corrected chi connectivity index (χ1v) is 14.4. The van der Waals surface area contributed by atoms with E-state index in [9.17, 15) is 24.8 Å². The number of hydrogen-bond donors (Lipinski definition) is 1. The summed E-state index contributed by atoms with van der Waals surface area (Å²) in [6, 6.07) is 12.5. The van der Waals surface area contributed by atoms with Gasteiger partial charge in [-0.3, -0.25) is 19.7 Å². The van der Waals surface area contributed by atoms with Crippen LogP contribution in [0.1, 0.15) is 89.5 Å². The van der Waals surface area contributed by atoms with Crippen LogP contribution < -0.4 is 0 Å². The summed E-state index contributed by atoms with van der Waals surface area (Å²) >= 11 is 0. The number of nitro benzene ring substituents is 1. The number of hydrogen-bond acceptors (Lipinski definition) is 6. The second-order valence-electron chi connectivity index (χ2n) is 11.6. The maximum absolute atomic E-state index is 13.4. The van der Waals surface area contributed by atoms with E-state index in [2.05, 4.69) is 39.5 Å². The van der Waals surface area contributed by atoms with Gasteiger partial charge in [0.05, 0.1) is 16.5 Å². The zero-order chi connectivity index (χ0) is 29.4. The third-order valence-electron chi connectivity index (χ3n) is 7.49. The SMILES string of the molecule is CCCCN(CCCC)CCCN1C(=O)C(=O)C(=C(O)c2cccc([N+](=O)[O-])c2)[C@@H]1c1ccc(C(C)(C)C)cc1. The minimum atomic E-state index is -0.784. The highest BCUT2D eigenvalue weighted by Gasteiger charge is 2.46. The van der Waals surface area contributed by atoms with Crippen LogP contribution in [0.25, 0.3) is 5.76 Å². The summed E-state index contributed by atoms with van der Waals surface area (Å²) in [4.78, 5) is 41.5. The molecule has 1 aliphatic heterocycles. The molecule has 3 rings (SSSR count). The smallest absolute Gasteiger partial charge is 0.295 e. The number of aliphatic hydroxyl groups excluding tert-OH is 1. The molecule has 2 aromatic rings. The van der Waals surface area contributed by atoms with Crippen molar-refractivity contribution in [1.29, 1.82) is 0 Å². The Morgan fingerprint density at radius 2 is 1.57 bits per heavy atom. The van der Waals surface area contributed by atoms with Crippen molar-refractivity contribution in [3.05, 3.63) is 80.9 Å². The second kappa shape index (κ2) is 13.7. The summed E-state index contributed by atoms with van der Waals surface area (Å²) in [6.45, 7) is 13.8. The molecule has 216 valence electrons. The van der Waals surface area contributed by atoms with E-state index >= 15 is 0 Å². The van der Waals surface area contributed by atoms with Gasteiger partial charge >= 0.3 is 0 Å². The number of non-ortho nitro benzene ring substituents is 1. The van der Waals surface area contributed by atoms with Crippen molar-refractivity contribution in [2.24, 2.45) is 0 Å². The average Bonchev–Trinajstić information content (AvgIpc) is 3.18. The average molecular weight is 550 g/mol. The number of Topliss-reactive ketones (excluding diaryl/α,β-unsaturated/α-hetero) is 1. The van der Waals surface area contributed by atoms with Gasteiger partial charge in [0.1, 0.15) is 5.76 Å². The van der Waals surface area contributed by atoms with Crippen molar-refractivity contribution in [1.82, 2.24) is 9.80 Å². The molecule has 1 saturated heterocycles. The number of benzene rings is 2. The Labute approximate surface area is 237 Å². The summed E-state index contributed by atoms with van der Waals surface area (Å²) in [5, 5.41) is 22.6. The molecule has 0 spiro atoms. The molecule has 8 nitrogen and oxygen atoms in total. The quantitative estimate of drug-likeness (QED) is 0.0992. The molecule has 0 radical (unpaired) electrons. The lowest BCUT2D eigenvalue weighted by Crippen LogP contribution is -2.34. The summed E-state index contributed by atoms with van der Waals surface area (Å²) in [6.07, 6.45) is 5.13. The first kappa shape index (κ1) is 31.0. The normalized spacial score (nSPS) is 17.1. The van der Waals surface area contributed by atoms with Gasteiger partial charge in [0.15, 0.2) is 0 Å². The molecule has 0 saturated carbocycles. The maximum Gasteiger partial charge on any atom is 0.295 e. The van der Waals surface area contributed by atoms with E-state index in [1.807, 2.05) is 24.3 Å². The van der Waals surface area contributed by atoms with Crippen LogP contribution >= 0.6 is 0 Å². The highest BCUT2D eigenvalue weighted by atomic mass is 16.6. The summed E-state index contributed by atoms with van der Waals surface area (Å²) in [5.41, 5.74) is 1.63. The molecule has 8 heteroatoms. The Morgan fingerprint density at radius 3 is 2.12 bits per heavy atom. The van der Waals surface area contributed by atoms with Crippen LogP contribution in [0, 0.1) is 10.1 Å². The van der Waals surface area contributed by atoms with E-state index in [4.69, 9.17) is 0 Å². The monoisotopic (exact) mass is 549 g/mol. The molecule has 40 heavy (non-hydrogen) atoms. The van der Waals surface area contributed by atoms with Gasteiger partial charge in [0, 0.05) is 24.2 Å². The molecular formula is C32H43N3O5. The highest BCUT2D eigenvalue weighted by molar-refractivity contribution is 6.46. The molecule has 1 fully saturated rings. The Balaban J connectivity index is 2.00. The molecule has 0 aromatic heterocycles. The van der Waals surface area contributed by atoms with Crippen LogP contribution in [-0.4, -0.2) is 57.7 Å². The number of nitro groups is 1. The predicted octanol–water partition coefficient (Wildman–Crippen LogP) is 6.61. The van der Waals surface area contributed by atoms with Crippen LogP contribution in [0.4, 0.5) is 5.69 Å². The number of ketones is 1. The fourth-order valence-electron chi connectivity index (χ4n) is 5.11. The zero-order valence-corrected chi connectivity index (χ0v) is 24.5. The Kier molecular flexibility index (Phi) is 10.6. The summed E-state index contributed by atoms with van der Waals surface area (Å²) < 4.78 is 0. The van der Waals surface area contributed by atoms with E-state index in [0.717, 1.165) is 50.9 Å². The fraction of sp³-hybridized carbons (Fsp3) is 0.500. The number of aliphatic hydroxyl groups is 1. The Bertz CT molecular complexity index is 1220. The van der Waals surface area contributed by atoms with Crippen LogP contribution in [0.3, 0.4) is 0 Å². The van der Waals surface area contributed by atoms with Crippen LogP contribution in [0.2, 0.25) is 0 Å². The lowest BCUT2D eigenvalue weighted by molar-refractivity contribution is -0.384. The third kappa shape index (κ3) is 7.36. The molecule has 0 unspecified atom stereocenters. The number of likely N-dealkylation sites (tertiary alicyclic amines) is 1. The Morgan fingerprint density at radius 1 is 0.975 bits per heavy atom. The zero-order valence-electron chi connectivity index (χ0n) is 24.5. The lowest BCUT2D eigenvalue weighted by Gasteiger charge is -2.28. The van der Waals surface area contributed by atoms with Crippen molar-refractivity contribution in [2.75, 3.05) is 26.2 Å². The van der Waals surface area contributed by atoms with Gasteiger partial charge in [-0.25, -0.2) is 0 Å².